The largest absolute Gasteiger partial charge is 0.508 e. The van der Waals surface area contributed by atoms with Gasteiger partial charge in [-0.1, -0.05) is 25.8 Å². The second kappa shape index (κ2) is 15.4. The molecule has 55 heavy (non-hydrogen) atoms. The number of nitrogens with zero attached hydrogens (tertiary/aromatic N) is 6. The number of carbonyl (C=O) groups is 1. The first-order chi connectivity index (χ1) is 26.7. The number of rotatable bonds is 12. The molecule has 3 fully saturated rings. The van der Waals surface area contributed by atoms with Gasteiger partial charge in [-0.3, -0.25) is 9.88 Å². The number of likely N-dealkylation sites (tertiary alicyclic amines) is 1. The van der Waals surface area contributed by atoms with Crippen LogP contribution in [0.25, 0.3) is 32.9 Å². The zero-order valence-corrected chi connectivity index (χ0v) is 30.8. The minimum Gasteiger partial charge on any atom is -0.508 e. The molecule has 0 radical (unpaired) electrons. The average molecular weight is 752 g/mol. The molecule has 2 bridgehead atoms. The fourth-order valence-corrected chi connectivity index (χ4v) is 8.13. The number of nitrogens with one attached hydrogen (secondary N) is 1. The summed E-state index contributed by atoms with van der Waals surface area (Å²) in [5, 5.41) is 19.3. The molecule has 3 saturated heterocycles. The maximum absolute atomic E-state index is 16.8. The third kappa shape index (κ3) is 7.38. The van der Waals surface area contributed by atoms with Crippen molar-refractivity contribution in [3.8, 4) is 41.2 Å². The van der Waals surface area contributed by atoms with Gasteiger partial charge in [0.15, 0.2) is 11.6 Å². The van der Waals surface area contributed by atoms with Gasteiger partial charge >= 0.3 is 6.01 Å². The predicted molar refractivity (Wildman–Crippen MR) is 202 cm³/mol. The number of piperazine rings is 1. The van der Waals surface area contributed by atoms with Crippen molar-refractivity contribution < 1.29 is 32.7 Å². The van der Waals surface area contributed by atoms with Crippen LogP contribution in [0.5, 0.6) is 17.6 Å². The van der Waals surface area contributed by atoms with Gasteiger partial charge in [0.25, 0.3) is 5.88 Å². The van der Waals surface area contributed by atoms with Crippen LogP contribution in [-0.2, 0) is 4.79 Å². The molecular weight excluding hydrogens is 708 g/mol. The van der Waals surface area contributed by atoms with E-state index in [0.717, 1.165) is 45.1 Å². The van der Waals surface area contributed by atoms with E-state index >= 15 is 4.39 Å². The molecule has 0 aliphatic carbocycles. The maximum Gasteiger partial charge on any atom is 0.319 e. The molecule has 0 spiro atoms. The van der Waals surface area contributed by atoms with Gasteiger partial charge in [0, 0.05) is 54.9 Å². The Bertz CT molecular complexity index is 2260. The van der Waals surface area contributed by atoms with E-state index in [2.05, 4.69) is 36.2 Å². The van der Waals surface area contributed by atoms with Crippen molar-refractivity contribution in [2.75, 3.05) is 50.8 Å². The Hall–Kier alpha value is -5.39. The van der Waals surface area contributed by atoms with Gasteiger partial charge in [0.05, 0.1) is 23.5 Å². The van der Waals surface area contributed by atoms with Crippen molar-refractivity contribution in [2.45, 2.75) is 57.5 Å². The van der Waals surface area contributed by atoms with Crippen LogP contribution in [0, 0.1) is 35.8 Å². The van der Waals surface area contributed by atoms with Gasteiger partial charge in [-0.2, -0.15) is 9.97 Å². The maximum atomic E-state index is 16.8. The Morgan fingerprint density at radius 1 is 1.09 bits per heavy atom. The SMILES string of the molecule is C#Cc1c(F)ccc2cc(O)cc(-c3ncc4c(N5CC6CCC(C5)N6)nc(OCCN5CCC(COc6cc(C(C=O)C(C)C)on6)CC5)nc4c3F)c12. The van der Waals surface area contributed by atoms with Gasteiger partial charge in [0.2, 0.25) is 0 Å². The molecule has 3 aliphatic rings. The van der Waals surface area contributed by atoms with E-state index in [1.54, 1.807) is 6.07 Å². The number of anilines is 1. The first-order valence-electron chi connectivity index (χ1n) is 18.9. The number of terminal acetylenes is 1. The number of phenols is 1. The first-order valence-corrected chi connectivity index (χ1v) is 18.9. The lowest BCUT2D eigenvalue weighted by atomic mass is 9.95. The summed E-state index contributed by atoms with van der Waals surface area (Å²) in [6.07, 6.45) is 12.1. The molecule has 0 amide bonds. The van der Waals surface area contributed by atoms with Crippen molar-refractivity contribution in [3.05, 3.63) is 59.5 Å². The fraction of sp³-hybridized carbons (Fsp3) is 0.439. The molecular formula is C41H43F2N7O5. The second-order valence-corrected chi connectivity index (χ2v) is 15.1. The van der Waals surface area contributed by atoms with Crippen molar-refractivity contribution >= 4 is 33.8 Å². The van der Waals surface area contributed by atoms with Crippen molar-refractivity contribution in [1.82, 2.24) is 30.3 Å². The number of ether oxygens (including phenoxy) is 2. The lowest BCUT2D eigenvalue weighted by Gasteiger charge is -2.34. The molecule has 3 unspecified atom stereocenters. The number of hydrogen-bond donors (Lipinski definition) is 2. The van der Waals surface area contributed by atoms with E-state index in [1.807, 2.05) is 13.8 Å². The quantitative estimate of drug-likeness (QED) is 0.117. The topological polar surface area (TPSA) is 139 Å². The fourth-order valence-electron chi connectivity index (χ4n) is 8.13. The van der Waals surface area contributed by atoms with Crippen LogP contribution in [-0.4, -0.2) is 94.4 Å². The lowest BCUT2D eigenvalue weighted by molar-refractivity contribution is -0.110. The zero-order chi connectivity index (χ0) is 38.2. The summed E-state index contributed by atoms with van der Waals surface area (Å²) in [7, 11) is 0. The van der Waals surface area contributed by atoms with E-state index in [0.29, 0.717) is 72.5 Å². The molecule has 3 atom stereocenters. The molecule has 3 aliphatic heterocycles. The molecule has 0 saturated carbocycles. The number of halogens is 2. The highest BCUT2D eigenvalue weighted by atomic mass is 19.1. The van der Waals surface area contributed by atoms with Crippen molar-refractivity contribution in [2.24, 2.45) is 11.8 Å². The summed E-state index contributed by atoms with van der Waals surface area (Å²) in [4.78, 5) is 29.8. The minimum absolute atomic E-state index is 0.0111. The Kier molecular flexibility index (Phi) is 10.2. The number of aromatic nitrogens is 4. The highest BCUT2D eigenvalue weighted by Gasteiger charge is 2.34. The molecule has 286 valence electrons. The van der Waals surface area contributed by atoms with E-state index in [4.69, 9.17) is 25.4 Å². The summed E-state index contributed by atoms with van der Waals surface area (Å²) in [6, 6.07) is 7.84. The number of aldehydes is 1. The van der Waals surface area contributed by atoms with Crippen LogP contribution >= 0.6 is 0 Å². The molecule has 14 heteroatoms. The second-order valence-electron chi connectivity index (χ2n) is 15.1. The first kappa shape index (κ1) is 36.6. The third-order valence-electron chi connectivity index (χ3n) is 11.1. The van der Waals surface area contributed by atoms with Crippen LogP contribution < -0.4 is 19.7 Å². The van der Waals surface area contributed by atoms with Crippen molar-refractivity contribution in [3.63, 3.8) is 0 Å². The lowest BCUT2D eigenvalue weighted by Crippen LogP contribution is -2.51. The Balaban J connectivity index is 0.994. The highest BCUT2D eigenvalue weighted by molar-refractivity contribution is 6.03. The molecule has 2 aromatic carbocycles. The molecule has 5 aromatic rings. The number of piperidine rings is 1. The molecule has 8 rings (SSSR count). The van der Waals surface area contributed by atoms with E-state index in [-0.39, 0.29) is 57.9 Å². The summed E-state index contributed by atoms with van der Waals surface area (Å²) >= 11 is 0. The number of pyridine rings is 1. The monoisotopic (exact) mass is 751 g/mol. The average Bonchev–Trinajstić information content (AvgIpc) is 3.79. The van der Waals surface area contributed by atoms with Gasteiger partial charge in [-0.25, -0.2) is 8.78 Å². The Labute approximate surface area is 317 Å². The van der Waals surface area contributed by atoms with Gasteiger partial charge in [0.1, 0.15) is 41.5 Å². The molecule has 12 nitrogen and oxygen atoms in total. The van der Waals surface area contributed by atoms with Gasteiger partial charge < -0.3 is 34.1 Å². The number of fused-ring (bicyclic) bond motifs is 4. The van der Waals surface area contributed by atoms with Crippen LogP contribution in [0.1, 0.15) is 56.8 Å². The van der Waals surface area contributed by atoms with Crippen LogP contribution in [0.15, 0.2) is 41.1 Å². The predicted octanol–water partition coefficient (Wildman–Crippen LogP) is 5.85. The number of carbonyl (C=O) groups excluding carboxylic acids is 1. The smallest absolute Gasteiger partial charge is 0.319 e. The molecule has 6 heterocycles. The van der Waals surface area contributed by atoms with Gasteiger partial charge in [-0.15, -0.1) is 6.42 Å². The summed E-state index contributed by atoms with van der Waals surface area (Å²) in [6.45, 7) is 8.41. The summed E-state index contributed by atoms with van der Waals surface area (Å²) in [5.74, 6) is 2.39. The van der Waals surface area contributed by atoms with Crippen molar-refractivity contribution in [1.29, 1.82) is 0 Å². The van der Waals surface area contributed by atoms with Gasteiger partial charge in [-0.05, 0) is 79.4 Å². The van der Waals surface area contributed by atoms with Crippen LogP contribution in [0.2, 0.25) is 0 Å². The Morgan fingerprint density at radius 2 is 1.87 bits per heavy atom. The minimum atomic E-state index is -0.752. The molecule has 3 aromatic heterocycles. The summed E-state index contributed by atoms with van der Waals surface area (Å²) in [5.41, 5.74) is -0.00423. The number of hydrogen-bond acceptors (Lipinski definition) is 12. The standard InChI is InChI=1S/C41H43F2N7O5/c1-4-29-33(42)8-5-25-15-28(52)16-30(36(25)29)38-37(43)39-31(18-44-38)40(50-19-26-6-7-27(20-50)45-26)47-41(46-39)53-14-13-49-11-9-24(10-12-49)22-54-35-17-34(55-48-35)32(21-51)23(2)3/h1,5,8,15-18,21,23-24,26-27,32,45,52H,6-7,9-14,19-20,22H2,2-3H3. The van der Waals surface area contributed by atoms with Crippen LogP contribution in [0.4, 0.5) is 14.6 Å². The summed E-state index contributed by atoms with van der Waals surface area (Å²) < 4.78 is 49.2. The number of phenolic OH excluding ortho intramolecular Hbond substituents is 1. The normalized spacial score (nSPS) is 19.6. The van der Waals surface area contributed by atoms with Crippen LogP contribution in [0.3, 0.4) is 0 Å². The Morgan fingerprint density at radius 3 is 2.60 bits per heavy atom. The van der Waals surface area contributed by atoms with E-state index in [9.17, 15) is 14.3 Å². The third-order valence-corrected chi connectivity index (χ3v) is 11.1. The zero-order valence-electron chi connectivity index (χ0n) is 30.8. The number of benzene rings is 2. The highest BCUT2D eigenvalue weighted by Crippen LogP contribution is 2.39. The molecule has 2 N–H and O–H groups in total. The number of aromatic hydroxyl groups is 1. The van der Waals surface area contributed by atoms with E-state index < -0.39 is 11.6 Å². The van der Waals surface area contributed by atoms with E-state index in [1.165, 1.54) is 30.5 Å².